The maximum absolute atomic E-state index is 11.1. The summed E-state index contributed by atoms with van der Waals surface area (Å²) in [6.45, 7) is 0. The van der Waals surface area contributed by atoms with Crippen molar-refractivity contribution in [3.8, 4) is 5.75 Å². The molecular formula is C13H12N2O3. The van der Waals surface area contributed by atoms with E-state index in [4.69, 9.17) is 5.11 Å². The second-order valence-electron chi connectivity index (χ2n) is 4.39. The van der Waals surface area contributed by atoms with Crippen LogP contribution in [0.3, 0.4) is 0 Å². The summed E-state index contributed by atoms with van der Waals surface area (Å²) in [6, 6.07) is 6.75. The van der Waals surface area contributed by atoms with E-state index in [-0.39, 0.29) is 11.4 Å². The van der Waals surface area contributed by atoms with Gasteiger partial charge >= 0.3 is 5.97 Å². The minimum Gasteiger partial charge on any atom is -0.508 e. The summed E-state index contributed by atoms with van der Waals surface area (Å²) in [5.41, 5.74) is 2.86. The van der Waals surface area contributed by atoms with Gasteiger partial charge in [-0.1, -0.05) is 0 Å². The fourth-order valence-electron chi connectivity index (χ4n) is 2.50. The van der Waals surface area contributed by atoms with Crippen LogP contribution >= 0.6 is 0 Å². The van der Waals surface area contributed by atoms with Crippen molar-refractivity contribution in [2.45, 2.75) is 0 Å². The molecule has 0 fully saturated rings. The van der Waals surface area contributed by atoms with Crippen molar-refractivity contribution in [1.82, 2.24) is 9.13 Å². The Labute approximate surface area is 102 Å². The summed E-state index contributed by atoms with van der Waals surface area (Å²) < 4.78 is 3.57. The van der Waals surface area contributed by atoms with Gasteiger partial charge in [0, 0.05) is 19.5 Å². The molecule has 2 aromatic heterocycles. The van der Waals surface area contributed by atoms with Crippen molar-refractivity contribution < 1.29 is 15.0 Å². The van der Waals surface area contributed by atoms with Gasteiger partial charge in [-0.15, -0.1) is 0 Å². The van der Waals surface area contributed by atoms with Gasteiger partial charge in [-0.05, 0) is 24.3 Å². The minimum absolute atomic E-state index is 0.174. The molecule has 0 unspecified atom stereocenters. The maximum Gasteiger partial charge on any atom is 0.352 e. The summed E-state index contributed by atoms with van der Waals surface area (Å²) in [5, 5.41) is 19.5. The van der Waals surface area contributed by atoms with Crippen LogP contribution in [0.1, 0.15) is 10.5 Å². The molecule has 92 valence electrons. The zero-order chi connectivity index (χ0) is 13.0. The van der Waals surface area contributed by atoms with Gasteiger partial charge in [0.2, 0.25) is 0 Å². The fraction of sp³-hybridized carbons (Fsp3) is 0.154. The van der Waals surface area contributed by atoms with Crippen LogP contribution in [0.5, 0.6) is 5.75 Å². The van der Waals surface area contributed by atoms with Crippen molar-refractivity contribution in [3.05, 3.63) is 30.0 Å². The first-order valence-electron chi connectivity index (χ1n) is 5.51. The lowest BCUT2D eigenvalue weighted by atomic mass is 10.2. The smallest absolute Gasteiger partial charge is 0.352 e. The third-order valence-electron chi connectivity index (χ3n) is 3.39. The van der Waals surface area contributed by atoms with Crippen LogP contribution in [-0.2, 0) is 14.1 Å². The van der Waals surface area contributed by atoms with Gasteiger partial charge in [0.05, 0.1) is 16.6 Å². The Morgan fingerprint density at radius 1 is 1.11 bits per heavy atom. The quantitative estimate of drug-likeness (QED) is 0.688. The Morgan fingerprint density at radius 3 is 2.50 bits per heavy atom. The second-order valence-corrected chi connectivity index (χ2v) is 4.39. The van der Waals surface area contributed by atoms with Crippen LogP contribution in [0.25, 0.3) is 21.9 Å². The molecule has 3 rings (SSSR count). The van der Waals surface area contributed by atoms with Gasteiger partial charge in [0.25, 0.3) is 0 Å². The molecule has 0 bridgehead atoms. The number of carboxylic acids is 1. The third kappa shape index (κ3) is 1.18. The van der Waals surface area contributed by atoms with E-state index in [0.717, 1.165) is 21.9 Å². The lowest BCUT2D eigenvalue weighted by Crippen LogP contribution is -2.03. The van der Waals surface area contributed by atoms with Crippen LogP contribution < -0.4 is 0 Å². The molecule has 0 atom stereocenters. The van der Waals surface area contributed by atoms with Crippen molar-refractivity contribution in [3.63, 3.8) is 0 Å². The summed E-state index contributed by atoms with van der Waals surface area (Å²) in [5.74, 6) is -0.782. The van der Waals surface area contributed by atoms with E-state index in [9.17, 15) is 9.90 Å². The van der Waals surface area contributed by atoms with Crippen molar-refractivity contribution >= 4 is 27.9 Å². The molecule has 0 amide bonds. The predicted molar refractivity (Wildman–Crippen MR) is 68.0 cm³/mol. The number of phenolic OH excluding ortho intramolecular Hbond substituents is 1. The molecule has 5 nitrogen and oxygen atoms in total. The number of carbonyl (C=O) groups is 1. The zero-order valence-corrected chi connectivity index (χ0v) is 10.0. The normalized spacial score (nSPS) is 11.4. The number of aryl methyl sites for hydroxylation is 2. The molecule has 0 aliphatic carbocycles. The Kier molecular flexibility index (Phi) is 1.96. The summed E-state index contributed by atoms with van der Waals surface area (Å²) >= 11 is 0. The highest BCUT2D eigenvalue weighted by atomic mass is 16.4. The fourth-order valence-corrected chi connectivity index (χ4v) is 2.50. The standard InChI is InChI=1S/C13H12N2O3/c1-14-9-4-3-7(16)5-8(9)12-10(14)6-11(13(17)18)15(12)2/h3-6,16H,1-2H3,(H,17,18). The van der Waals surface area contributed by atoms with E-state index in [1.165, 1.54) is 0 Å². The molecule has 5 heteroatoms. The number of aromatic hydroxyl groups is 1. The Bertz CT molecular complexity index is 796. The molecule has 1 aromatic carbocycles. The second kappa shape index (κ2) is 3.29. The Balaban J connectivity index is 2.55. The van der Waals surface area contributed by atoms with Crippen LogP contribution in [0.15, 0.2) is 24.3 Å². The van der Waals surface area contributed by atoms with Gasteiger partial charge in [-0.2, -0.15) is 0 Å². The van der Waals surface area contributed by atoms with Crippen LogP contribution in [0.2, 0.25) is 0 Å². The number of aromatic carboxylic acids is 1. The Morgan fingerprint density at radius 2 is 1.83 bits per heavy atom. The zero-order valence-electron chi connectivity index (χ0n) is 10.0. The van der Waals surface area contributed by atoms with Gasteiger partial charge in [-0.3, -0.25) is 0 Å². The number of hydrogen-bond acceptors (Lipinski definition) is 2. The minimum atomic E-state index is -0.956. The largest absolute Gasteiger partial charge is 0.508 e. The van der Waals surface area contributed by atoms with Crippen LogP contribution in [-0.4, -0.2) is 25.3 Å². The summed E-state index contributed by atoms with van der Waals surface area (Å²) in [6.07, 6.45) is 0. The first-order chi connectivity index (χ1) is 8.50. The van der Waals surface area contributed by atoms with E-state index >= 15 is 0 Å². The number of rotatable bonds is 1. The molecule has 0 aliphatic heterocycles. The molecule has 0 saturated heterocycles. The monoisotopic (exact) mass is 244 g/mol. The molecule has 3 aromatic rings. The number of carboxylic acid groups (broad SMARTS) is 1. The van der Waals surface area contributed by atoms with E-state index in [1.54, 1.807) is 29.8 Å². The molecular weight excluding hydrogens is 232 g/mol. The average molecular weight is 244 g/mol. The van der Waals surface area contributed by atoms with E-state index in [0.29, 0.717) is 0 Å². The van der Waals surface area contributed by atoms with Crippen molar-refractivity contribution in [2.24, 2.45) is 14.1 Å². The molecule has 2 N–H and O–H groups in total. The van der Waals surface area contributed by atoms with Crippen molar-refractivity contribution in [2.75, 3.05) is 0 Å². The van der Waals surface area contributed by atoms with E-state index in [1.807, 2.05) is 17.7 Å². The average Bonchev–Trinajstić information content (AvgIpc) is 2.77. The van der Waals surface area contributed by atoms with Gasteiger partial charge in [0.15, 0.2) is 0 Å². The van der Waals surface area contributed by atoms with Crippen LogP contribution in [0, 0.1) is 0 Å². The van der Waals surface area contributed by atoms with Gasteiger partial charge in [0.1, 0.15) is 11.4 Å². The molecule has 0 radical (unpaired) electrons. The number of nitrogens with zero attached hydrogens (tertiary/aromatic N) is 2. The summed E-state index contributed by atoms with van der Waals surface area (Å²) in [4.78, 5) is 11.1. The van der Waals surface area contributed by atoms with E-state index in [2.05, 4.69) is 0 Å². The molecule has 2 heterocycles. The van der Waals surface area contributed by atoms with Crippen LogP contribution in [0.4, 0.5) is 0 Å². The van der Waals surface area contributed by atoms with Gasteiger partial charge < -0.3 is 19.3 Å². The highest BCUT2D eigenvalue weighted by Gasteiger charge is 2.18. The number of hydrogen-bond donors (Lipinski definition) is 2. The number of phenols is 1. The Hall–Kier alpha value is -2.43. The number of aromatic nitrogens is 2. The third-order valence-corrected chi connectivity index (χ3v) is 3.39. The lowest BCUT2D eigenvalue weighted by molar-refractivity contribution is 0.0687. The predicted octanol–water partition coefficient (Wildman–Crippen LogP) is 2.07. The maximum atomic E-state index is 11.1. The highest BCUT2D eigenvalue weighted by Crippen LogP contribution is 2.32. The number of fused-ring (bicyclic) bond motifs is 3. The topological polar surface area (TPSA) is 67.4 Å². The SMILES string of the molecule is Cn1c(C(=O)O)cc2c1c1cc(O)ccc1n2C. The first kappa shape index (κ1) is 10.7. The molecule has 18 heavy (non-hydrogen) atoms. The van der Waals surface area contributed by atoms with Gasteiger partial charge in [-0.25, -0.2) is 4.79 Å². The summed E-state index contributed by atoms with van der Waals surface area (Å²) in [7, 11) is 3.60. The molecule has 0 aliphatic rings. The lowest BCUT2D eigenvalue weighted by Gasteiger charge is -2.00. The number of benzene rings is 1. The first-order valence-corrected chi connectivity index (χ1v) is 5.51. The van der Waals surface area contributed by atoms with Crippen molar-refractivity contribution in [1.29, 1.82) is 0 Å². The highest BCUT2D eigenvalue weighted by molar-refractivity contribution is 6.09. The molecule has 0 saturated carbocycles. The van der Waals surface area contributed by atoms with E-state index < -0.39 is 5.97 Å². The molecule has 0 spiro atoms.